The first kappa shape index (κ1) is 25.1. The van der Waals surface area contributed by atoms with E-state index >= 15 is 0 Å². The Balaban J connectivity index is 0. The summed E-state index contributed by atoms with van der Waals surface area (Å²) in [6.45, 7) is 8.68. The van der Waals surface area contributed by atoms with Gasteiger partial charge in [0.2, 0.25) is 5.88 Å². The Kier molecular flexibility index (Phi) is 11.1. The fourth-order valence-electron chi connectivity index (χ4n) is 1.21. The minimum absolute atomic E-state index is 0. The molecule has 1 heterocycles. The molecule has 0 bridgehead atoms. The van der Waals surface area contributed by atoms with Crippen molar-refractivity contribution in [3.8, 4) is 5.88 Å². The Morgan fingerprint density at radius 3 is 2.17 bits per heavy atom. The number of carbonyl (C=O) groups is 2. The third-order valence-corrected chi connectivity index (χ3v) is 2.14. The van der Waals surface area contributed by atoms with Crippen LogP contribution in [0.1, 0.15) is 19.4 Å². The second kappa shape index (κ2) is 10.6. The van der Waals surface area contributed by atoms with E-state index in [9.17, 15) is 18.0 Å². The largest absolute Gasteiger partial charge is 0.503 e. The minimum atomic E-state index is -4.66. The number of nitrogens with one attached hydrogen (secondary N) is 1. The van der Waals surface area contributed by atoms with E-state index in [1.165, 1.54) is 0 Å². The number of rotatable bonds is 3. The molecular weight excluding hydrogens is 430 g/mol. The predicted molar refractivity (Wildman–Crippen MR) is 77.0 cm³/mol. The van der Waals surface area contributed by atoms with Gasteiger partial charge < -0.3 is 26.9 Å². The number of carboxylic acids is 1. The van der Waals surface area contributed by atoms with Crippen LogP contribution in [0.4, 0.5) is 19.0 Å². The van der Waals surface area contributed by atoms with Gasteiger partial charge in [0.1, 0.15) is 5.56 Å². The number of alkyl halides is 3. The summed E-state index contributed by atoms with van der Waals surface area (Å²) in [5.74, 6) is -2.70. The van der Waals surface area contributed by atoms with Gasteiger partial charge in [0.25, 0.3) is 0 Å². The van der Waals surface area contributed by atoms with Gasteiger partial charge in [-0.15, -0.1) is 0 Å². The smallest absolute Gasteiger partial charge is 0.421 e. The predicted octanol–water partition coefficient (Wildman–Crippen LogP) is 3.22. The number of anilines is 1. The van der Waals surface area contributed by atoms with E-state index in [2.05, 4.69) is 24.1 Å². The molecule has 1 rings (SSSR count). The summed E-state index contributed by atoms with van der Waals surface area (Å²) in [6, 6.07) is 0.650. The van der Waals surface area contributed by atoms with Crippen molar-refractivity contribution in [2.45, 2.75) is 26.1 Å². The van der Waals surface area contributed by atoms with Gasteiger partial charge in [-0.3, -0.25) is 11.7 Å². The molecule has 6 nitrogen and oxygen atoms in total. The maximum absolute atomic E-state index is 12.8. The van der Waals surface area contributed by atoms with Crippen molar-refractivity contribution in [1.29, 1.82) is 0 Å². The van der Waals surface area contributed by atoms with Crippen molar-refractivity contribution in [1.82, 2.24) is 4.98 Å². The van der Waals surface area contributed by atoms with E-state index < -0.39 is 35.6 Å². The van der Waals surface area contributed by atoms with Crippen LogP contribution in [-0.4, -0.2) is 28.1 Å². The van der Waals surface area contributed by atoms with Crippen molar-refractivity contribution in [3.05, 3.63) is 30.5 Å². The van der Waals surface area contributed by atoms with Crippen molar-refractivity contribution >= 4 is 29.3 Å². The molecule has 0 fully saturated rings. The molecule has 0 saturated carbocycles. The van der Waals surface area contributed by atoms with Gasteiger partial charge in [-0.25, -0.2) is 0 Å². The van der Waals surface area contributed by atoms with Crippen LogP contribution in [0.15, 0.2) is 6.07 Å². The minimum Gasteiger partial charge on any atom is -0.503 e. The van der Waals surface area contributed by atoms with Gasteiger partial charge >= 0.3 is 6.18 Å². The molecule has 0 aromatic carbocycles. The topological polar surface area (TPSA) is 88.5 Å². The van der Waals surface area contributed by atoms with E-state index in [-0.39, 0.29) is 43.5 Å². The molecule has 2 N–H and O–H groups in total. The molecule has 1 amide bonds. The molecule has 0 unspecified atom stereocenters. The van der Waals surface area contributed by atoms with Crippen LogP contribution >= 0.6 is 11.6 Å². The molecule has 0 spiro atoms. The summed E-state index contributed by atoms with van der Waals surface area (Å²) < 4.78 is 43.4. The zero-order valence-corrected chi connectivity index (χ0v) is 16.4. The Morgan fingerprint density at radius 1 is 1.38 bits per heavy atom. The van der Waals surface area contributed by atoms with Crippen molar-refractivity contribution in [2.75, 3.05) is 5.32 Å². The first-order valence-corrected chi connectivity index (χ1v) is 6.34. The maximum Gasteiger partial charge on any atom is 0.421 e. The summed E-state index contributed by atoms with van der Waals surface area (Å²) in [7, 11) is 0. The summed E-state index contributed by atoms with van der Waals surface area (Å²) >= 11 is 5.63. The molecule has 0 aliphatic rings. The molecule has 24 heavy (non-hydrogen) atoms. The van der Waals surface area contributed by atoms with Crippen LogP contribution in [0.2, 0.25) is 5.02 Å². The normalized spacial score (nSPS) is 10.1. The summed E-state index contributed by atoms with van der Waals surface area (Å²) in [6.07, 6.45) is -5.17. The zero-order chi connectivity index (χ0) is 18.4. The number of hydrogen-bond donors (Lipinski definition) is 2. The molecule has 0 atom stereocenters. The fourth-order valence-corrected chi connectivity index (χ4v) is 1.41. The number of nitrogens with zero attached hydrogens (tertiary/aromatic N) is 1. The number of aromatic nitrogens is 1. The number of carboxylic acid groups (broad SMARTS) is 1. The average Bonchev–Trinajstić information content (AvgIpc) is 2.29. The monoisotopic (exact) mass is 443 g/mol. The zero-order valence-electron chi connectivity index (χ0n) is 12.8. The molecule has 1 radical (unpaired) electrons. The van der Waals surface area contributed by atoms with Gasteiger partial charge in [-0.1, -0.05) is 11.6 Å². The van der Waals surface area contributed by atoms with E-state index in [0.29, 0.717) is 6.07 Å². The standard InChI is InChI=1S/C11H11ClF3N2O2.C2H3O2.Y/c1-5(2)19-10-7(11(13,14)15)4-8(12)9(17-10)16-6(3)18;1-2(3)4;/h4-5H,3H2,1-2H3,(H,16,17,18);1H2,(H,3,4);/q2*-1;. The third-order valence-electron chi connectivity index (χ3n) is 1.85. The molecule has 0 saturated heterocycles. The number of pyridine rings is 1. The van der Waals surface area contributed by atoms with Crippen LogP contribution in [0.3, 0.4) is 0 Å². The molecule has 1 aromatic rings. The number of amides is 1. The molecule has 0 aliphatic carbocycles. The Bertz CT molecular complexity index is 579. The Labute approximate surface area is 167 Å². The number of aliphatic carboxylic acids is 1. The van der Waals surface area contributed by atoms with Gasteiger partial charge in [0.15, 0.2) is 11.8 Å². The number of ether oxygens (including phenoxy) is 1. The van der Waals surface area contributed by atoms with Crippen LogP contribution in [-0.2, 0) is 48.5 Å². The third kappa shape index (κ3) is 9.84. The van der Waals surface area contributed by atoms with Crippen LogP contribution < -0.4 is 10.1 Å². The second-order valence-electron chi connectivity index (χ2n) is 4.28. The molecule has 0 aliphatic heterocycles. The van der Waals surface area contributed by atoms with Crippen molar-refractivity contribution in [2.24, 2.45) is 0 Å². The summed E-state index contributed by atoms with van der Waals surface area (Å²) in [4.78, 5) is 23.3. The number of hydrogen-bond acceptors (Lipinski definition) is 4. The number of halogens is 4. The molecule has 133 valence electrons. The van der Waals surface area contributed by atoms with Crippen LogP contribution in [0, 0.1) is 13.8 Å². The summed E-state index contributed by atoms with van der Waals surface area (Å²) in [5, 5.41) is 9.08. The first-order chi connectivity index (χ1) is 10.3. The van der Waals surface area contributed by atoms with E-state index in [1.54, 1.807) is 13.8 Å². The molecule has 11 heteroatoms. The van der Waals surface area contributed by atoms with Gasteiger partial charge in [0, 0.05) is 32.7 Å². The fraction of sp³-hybridized carbons (Fsp3) is 0.308. The van der Waals surface area contributed by atoms with Gasteiger partial charge in [0.05, 0.1) is 17.0 Å². The van der Waals surface area contributed by atoms with E-state index in [0.717, 1.165) is 0 Å². The molecule has 1 aromatic heterocycles. The van der Waals surface area contributed by atoms with Gasteiger partial charge in [-0.05, 0) is 19.9 Å². The van der Waals surface area contributed by atoms with Crippen molar-refractivity contribution < 1.29 is 65.3 Å². The quantitative estimate of drug-likeness (QED) is 0.701. The maximum atomic E-state index is 12.8. The summed E-state index contributed by atoms with van der Waals surface area (Å²) in [5.41, 5.74) is -1.10. The van der Waals surface area contributed by atoms with E-state index in [4.69, 9.17) is 26.2 Å². The van der Waals surface area contributed by atoms with E-state index in [1.807, 2.05) is 0 Å². The van der Waals surface area contributed by atoms with Crippen LogP contribution in [0.25, 0.3) is 0 Å². The Hall–Kier alpha value is -1.19. The first-order valence-electron chi connectivity index (χ1n) is 5.96. The molecular formula is C13H14ClF3N2O4Y-2. The number of carbonyl (C=O) groups excluding carboxylic acids is 1. The van der Waals surface area contributed by atoms with Crippen LogP contribution in [0.5, 0.6) is 5.88 Å². The second-order valence-corrected chi connectivity index (χ2v) is 4.68. The average molecular weight is 444 g/mol. The Morgan fingerprint density at radius 2 is 1.83 bits per heavy atom. The van der Waals surface area contributed by atoms with Crippen molar-refractivity contribution in [3.63, 3.8) is 0 Å². The SMILES string of the molecule is [CH2-]C(=O)Nc1nc(OC(C)C)c(C(F)(F)F)cc1Cl.[CH2-]C(=O)O.[Y]. The van der Waals surface area contributed by atoms with Gasteiger partial charge in [-0.2, -0.15) is 18.2 Å².